The molecular formula is C15H23N3O2. The number of benzene rings is 1. The lowest BCUT2D eigenvalue weighted by Gasteiger charge is -2.19. The van der Waals surface area contributed by atoms with Gasteiger partial charge in [-0.05, 0) is 38.5 Å². The maximum atomic E-state index is 12.3. The molecule has 0 bridgehead atoms. The standard InChI is InChI=1S/C15H23N3O2/c1-9(8-20-5)17-12-7-13-10(6-11(12)16)15(2,3)14(19)18(13)4/h6-7,9,17H,8,16H2,1-5H3. The SMILES string of the molecule is COCC(C)Nc1cc2c(cc1N)C(C)(C)C(=O)N2C. The molecule has 20 heavy (non-hydrogen) atoms. The van der Waals surface area contributed by atoms with Crippen molar-refractivity contribution in [3.8, 4) is 0 Å². The van der Waals surface area contributed by atoms with E-state index in [1.54, 1.807) is 19.1 Å². The van der Waals surface area contributed by atoms with Crippen LogP contribution in [0.5, 0.6) is 0 Å². The molecular weight excluding hydrogens is 254 g/mol. The molecule has 5 heteroatoms. The molecule has 0 saturated carbocycles. The fourth-order valence-electron chi connectivity index (χ4n) is 2.71. The largest absolute Gasteiger partial charge is 0.397 e. The zero-order chi connectivity index (χ0) is 15.1. The average molecular weight is 277 g/mol. The number of nitrogen functional groups attached to an aromatic ring is 1. The Kier molecular flexibility index (Phi) is 3.65. The number of rotatable bonds is 4. The van der Waals surface area contributed by atoms with Crippen molar-refractivity contribution in [1.29, 1.82) is 0 Å². The lowest BCUT2D eigenvalue weighted by molar-refractivity contribution is -0.121. The number of nitrogens with one attached hydrogen (secondary N) is 1. The van der Waals surface area contributed by atoms with Crippen LogP contribution in [0.1, 0.15) is 26.3 Å². The predicted molar refractivity (Wildman–Crippen MR) is 82.3 cm³/mol. The Morgan fingerprint density at radius 2 is 2.10 bits per heavy atom. The van der Waals surface area contributed by atoms with Crippen LogP contribution in [-0.4, -0.2) is 32.7 Å². The molecule has 3 N–H and O–H groups in total. The molecule has 110 valence electrons. The summed E-state index contributed by atoms with van der Waals surface area (Å²) in [5.74, 6) is 0.0917. The summed E-state index contributed by atoms with van der Waals surface area (Å²) in [5.41, 5.74) is 8.99. The molecule has 0 aromatic heterocycles. The number of nitrogens with two attached hydrogens (primary N) is 1. The molecule has 1 atom stereocenters. The van der Waals surface area contributed by atoms with Crippen molar-refractivity contribution in [2.24, 2.45) is 0 Å². The monoisotopic (exact) mass is 277 g/mol. The van der Waals surface area contributed by atoms with Crippen LogP contribution in [0.2, 0.25) is 0 Å². The summed E-state index contributed by atoms with van der Waals surface area (Å²) in [6, 6.07) is 4.00. The molecule has 0 spiro atoms. The minimum atomic E-state index is -0.519. The molecule has 0 fully saturated rings. The van der Waals surface area contributed by atoms with Gasteiger partial charge in [-0.25, -0.2) is 0 Å². The zero-order valence-electron chi connectivity index (χ0n) is 12.8. The summed E-state index contributed by atoms with van der Waals surface area (Å²) in [6.45, 7) is 6.47. The summed E-state index contributed by atoms with van der Waals surface area (Å²) in [5, 5.41) is 3.32. The van der Waals surface area contributed by atoms with Gasteiger partial charge in [0.15, 0.2) is 0 Å². The van der Waals surface area contributed by atoms with Crippen LogP contribution in [0.15, 0.2) is 12.1 Å². The molecule has 1 unspecified atom stereocenters. The number of nitrogens with zero attached hydrogens (tertiary/aromatic N) is 1. The molecule has 0 saturated heterocycles. The van der Waals surface area contributed by atoms with Crippen molar-refractivity contribution in [1.82, 2.24) is 0 Å². The van der Waals surface area contributed by atoms with E-state index in [0.717, 1.165) is 16.9 Å². The van der Waals surface area contributed by atoms with Gasteiger partial charge < -0.3 is 20.7 Å². The highest BCUT2D eigenvalue weighted by Crippen LogP contribution is 2.44. The summed E-state index contributed by atoms with van der Waals surface area (Å²) in [6.07, 6.45) is 0. The van der Waals surface area contributed by atoms with Crippen LogP contribution in [0.4, 0.5) is 17.1 Å². The van der Waals surface area contributed by atoms with Crippen molar-refractivity contribution in [3.05, 3.63) is 17.7 Å². The van der Waals surface area contributed by atoms with Crippen LogP contribution in [0.3, 0.4) is 0 Å². The Morgan fingerprint density at radius 3 is 2.70 bits per heavy atom. The summed E-state index contributed by atoms with van der Waals surface area (Å²) >= 11 is 0. The molecule has 1 aliphatic rings. The third-order valence-corrected chi connectivity index (χ3v) is 3.86. The number of amides is 1. The first kappa shape index (κ1) is 14.7. The second kappa shape index (κ2) is 4.98. The number of ether oxygens (including phenoxy) is 1. The van der Waals surface area contributed by atoms with Crippen LogP contribution >= 0.6 is 0 Å². The molecule has 1 aliphatic heterocycles. The van der Waals surface area contributed by atoms with E-state index < -0.39 is 5.41 Å². The molecule has 0 aliphatic carbocycles. The highest BCUT2D eigenvalue weighted by molar-refractivity contribution is 6.08. The van der Waals surface area contributed by atoms with Crippen molar-refractivity contribution in [2.45, 2.75) is 32.2 Å². The van der Waals surface area contributed by atoms with E-state index in [2.05, 4.69) is 5.32 Å². The number of carbonyl (C=O) groups excluding carboxylic acids is 1. The van der Waals surface area contributed by atoms with Crippen LogP contribution < -0.4 is 16.0 Å². The summed E-state index contributed by atoms with van der Waals surface area (Å²) in [7, 11) is 3.47. The van der Waals surface area contributed by atoms with E-state index in [1.165, 1.54) is 0 Å². The van der Waals surface area contributed by atoms with Gasteiger partial charge in [0.2, 0.25) is 5.91 Å². The number of likely N-dealkylation sites (N-methyl/N-ethyl adjacent to an activating group) is 1. The summed E-state index contributed by atoms with van der Waals surface area (Å²) in [4.78, 5) is 14.0. The third-order valence-electron chi connectivity index (χ3n) is 3.86. The molecule has 0 radical (unpaired) electrons. The van der Waals surface area contributed by atoms with Crippen LogP contribution in [0, 0.1) is 0 Å². The van der Waals surface area contributed by atoms with E-state index in [9.17, 15) is 4.79 Å². The number of methoxy groups -OCH3 is 1. The fourth-order valence-corrected chi connectivity index (χ4v) is 2.71. The lowest BCUT2D eigenvalue weighted by Crippen LogP contribution is -2.33. The number of anilines is 3. The molecule has 2 rings (SSSR count). The molecule has 1 aromatic rings. The Labute approximate surface area is 120 Å². The number of hydrogen-bond donors (Lipinski definition) is 2. The second-order valence-corrected chi connectivity index (χ2v) is 5.95. The van der Waals surface area contributed by atoms with Gasteiger partial charge >= 0.3 is 0 Å². The smallest absolute Gasteiger partial charge is 0.236 e. The average Bonchev–Trinajstić information content (AvgIpc) is 2.53. The minimum Gasteiger partial charge on any atom is -0.397 e. The van der Waals surface area contributed by atoms with Gasteiger partial charge in [0.1, 0.15) is 0 Å². The van der Waals surface area contributed by atoms with Crippen molar-refractivity contribution in [2.75, 3.05) is 36.7 Å². The van der Waals surface area contributed by atoms with E-state index in [-0.39, 0.29) is 11.9 Å². The van der Waals surface area contributed by atoms with E-state index in [0.29, 0.717) is 12.3 Å². The number of carbonyl (C=O) groups is 1. The van der Waals surface area contributed by atoms with Crippen LogP contribution in [-0.2, 0) is 14.9 Å². The molecule has 1 amide bonds. The number of fused-ring (bicyclic) bond motifs is 1. The Balaban J connectivity index is 2.39. The van der Waals surface area contributed by atoms with Gasteiger partial charge in [-0.1, -0.05) is 0 Å². The van der Waals surface area contributed by atoms with Gasteiger partial charge in [0.25, 0.3) is 0 Å². The fraction of sp³-hybridized carbons (Fsp3) is 0.533. The predicted octanol–water partition coefficient (Wildman–Crippen LogP) is 1.97. The van der Waals surface area contributed by atoms with E-state index in [4.69, 9.17) is 10.5 Å². The zero-order valence-corrected chi connectivity index (χ0v) is 12.8. The first-order valence-corrected chi connectivity index (χ1v) is 6.76. The topological polar surface area (TPSA) is 67.6 Å². The molecule has 5 nitrogen and oxygen atoms in total. The van der Waals surface area contributed by atoms with Crippen molar-refractivity contribution < 1.29 is 9.53 Å². The minimum absolute atomic E-state index is 0.0917. The van der Waals surface area contributed by atoms with Gasteiger partial charge in [-0.2, -0.15) is 0 Å². The molecule has 1 heterocycles. The highest BCUT2D eigenvalue weighted by atomic mass is 16.5. The number of hydrogen-bond acceptors (Lipinski definition) is 4. The third kappa shape index (κ3) is 2.22. The highest BCUT2D eigenvalue weighted by Gasteiger charge is 2.42. The summed E-state index contributed by atoms with van der Waals surface area (Å²) < 4.78 is 5.11. The Bertz CT molecular complexity index is 540. The first-order valence-electron chi connectivity index (χ1n) is 6.76. The second-order valence-electron chi connectivity index (χ2n) is 5.95. The Hall–Kier alpha value is -1.75. The lowest BCUT2D eigenvalue weighted by atomic mass is 9.86. The van der Waals surface area contributed by atoms with Crippen molar-refractivity contribution in [3.63, 3.8) is 0 Å². The van der Waals surface area contributed by atoms with E-state index >= 15 is 0 Å². The first-order chi connectivity index (χ1) is 9.28. The van der Waals surface area contributed by atoms with E-state index in [1.807, 2.05) is 32.9 Å². The van der Waals surface area contributed by atoms with Crippen molar-refractivity contribution >= 4 is 23.0 Å². The maximum absolute atomic E-state index is 12.3. The van der Waals surface area contributed by atoms with Crippen LogP contribution in [0.25, 0.3) is 0 Å². The van der Waals surface area contributed by atoms with Gasteiger partial charge in [0.05, 0.1) is 23.4 Å². The quantitative estimate of drug-likeness (QED) is 0.826. The molecule has 1 aromatic carbocycles. The van der Waals surface area contributed by atoms with Gasteiger partial charge in [-0.15, -0.1) is 0 Å². The normalized spacial score (nSPS) is 18.1. The Morgan fingerprint density at radius 1 is 1.45 bits per heavy atom. The maximum Gasteiger partial charge on any atom is 0.236 e. The van der Waals surface area contributed by atoms with Gasteiger partial charge in [-0.3, -0.25) is 4.79 Å². The van der Waals surface area contributed by atoms with Gasteiger partial charge in [0, 0.05) is 25.9 Å².